The largest absolute Gasteiger partial charge is 0.504 e. The van der Waals surface area contributed by atoms with E-state index in [4.69, 9.17) is 4.74 Å². The summed E-state index contributed by atoms with van der Waals surface area (Å²) >= 11 is 1.47. The molecule has 1 amide bonds. The lowest BCUT2D eigenvalue weighted by Gasteiger charge is -2.60. The van der Waals surface area contributed by atoms with Crippen LogP contribution in [-0.4, -0.2) is 74.2 Å². The maximum atomic E-state index is 13.4. The smallest absolute Gasteiger partial charge is 0.223 e. The monoisotopic (exact) mass is 495 g/mol. The number of benzene rings is 1. The summed E-state index contributed by atoms with van der Waals surface area (Å²) in [6.45, 7) is 4.98. The third-order valence-corrected chi connectivity index (χ3v) is 10.1. The van der Waals surface area contributed by atoms with Gasteiger partial charge in [-0.3, -0.25) is 9.69 Å². The topological polar surface area (TPSA) is 86.1 Å². The maximum absolute atomic E-state index is 13.4. The minimum absolute atomic E-state index is 0.0129. The van der Waals surface area contributed by atoms with E-state index >= 15 is 0 Å². The van der Waals surface area contributed by atoms with E-state index in [2.05, 4.69) is 15.3 Å². The van der Waals surface area contributed by atoms with Gasteiger partial charge in [-0.25, -0.2) is 0 Å². The van der Waals surface area contributed by atoms with E-state index in [1.807, 2.05) is 17.9 Å². The van der Waals surface area contributed by atoms with Crippen LogP contribution in [0.1, 0.15) is 53.8 Å². The maximum Gasteiger partial charge on any atom is 0.223 e. The first kappa shape index (κ1) is 22.1. The van der Waals surface area contributed by atoms with Crippen molar-refractivity contribution >= 4 is 17.4 Å². The highest BCUT2D eigenvalue weighted by atomic mass is 32.1. The molecule has 7 nitrogen and oxygen atoms in total. The predicted molar refractivity (Wildman–Crippen MR) is 132 cm³/mol. The predicted octanol–water partition coefficient (Wildman–Crippen LogP) is 2.79. The number of carbonyl (C=O) groups excluding carboxylic acids is 1. The Balaban J connectivity index is 1.24. The number of aliphatic hydroxyl groups is 1. The van der Waals surface area contributed by atoms with Gasteiger partial charge in [0.15, 0.2) is 11.5 Å². The van der Waals surface area contributed by atoms with Gasteiger partial charge < -0.3 is 19.8 Å². The number of rotatable bonds is 5. The number of amides is 1. The number of phenolic OH excluding ortho intramolecular Hbond substituents is 1. The van der Waals surface area contributed by atoms with Crippen molar-refractivity contribution in [1.29, 1.82) is 0 Å². The Hall–Kier alpha value is -2.16. The molecular formula is C27H33N3O4S. The highest BCUT2D eigenvalue weighted by Gasteiger charge is 2.71. The lowest BCUT2D eigenvalue weighted by molar-refractivity contribution is -0.162. The van der Waals surface area contributed by atoms with Crippen molar-refractivity contribution in [2.24, 2.45) is 5.92 Å². The zero-order valence-corrected chi connectivity index (χ0v) is 21.0. The zero-order chi connectivity index (χ0) is 23.9. The van der Waals surface area contributed by atoms with Crippen molar-refractivity contribution < 1.29 is 19.7 Å². The molecule has 0 unspecified atom stereocenters. The van der Waals surface area contributed by atoms with Gasteiger partial charge in [0.2, 0.25) is 5.91 Å². The summed E-state index contributed by atoms with van der Waals surface area (Å²) in [6.07, 6.45) is 5.35. The number of aromatic hydroxyl groups is 1. The van der Waals surface area contributed by atoms with E-state index < -0.39 is 11.0 Å². The van der Waals surface area contributed by atoms with Crippen LogP contribution in [0.5, 0.6) is 11.5 Å². The van der Waals surface area contributed by atoms with Crippen molar-refractivity contribution in [3.8, 4) is 11.5 Å². The number of hydrogen-bond acceptors (Lipinski definition) is 7. The molecule has 7 rings (SSSR count). The molecule has 3 aliphatic heterocycles. The number of aryl methyl sites for hydroxylation is 2. The van der Waals surface area contributed by atoms with Crippen LogP contribution in [0.15, 0.2) is 18.2 Å². The first-order chi connectivity index (χ1) is 16.9. The molecule has 2 bridgehead atoms. The summed E-state index contributed by atoms with van der Waals surface area (Å²) in [7, 11) is 0. The Bertz CT molecular complexity index is 1200. The van der Waals surface area contributed by atoms with Crippen LogP contribution in [0.3, 0.4) is 0 Å². The third kappa shape index (κ3) is 3.15. The average molecular weight is 496 g/mol. The summed E-state index contributed by atoms with van der Waals surface area (Å²) in [6, 6.07) is 5.83. The molecule has 2 N–H and O–H groups in total. The van der Waals surface area contributed by atoms with Gasteiger partial charge in [0.1, 0.15) is 6.10 Å². The van der Waals surface area contributed by atoms with Gasteiger partial charge in [-0.05, 0) is 87.1 Å². The molecule has 35 heavy (non-hydrogen) atoms. The van der Waals surface area contributed by atoms with Crippen molar-refractivity contribution in [3.05, 3.63) is 39.9 Å². The van der Waals surface area contributed by atoms with Gasteiger partial charge >= 0.3 is 0 Å². The van der Waals surface area contributed by atoms with Crippen molar-refractivity contribution in [2.45, 2.75) is 75.0 Å². The lowest BCUT2D eigenvalue weighted by Crippen LogP contribution is -2.74. The fourth-order valence-electron chi connectivity index (χ4n) is 7.56. The normalized spacial score (nSPS) is 33.3. The van der Waals surface area contributed by atoms with E-state index in [0.29, 0.717) is 38.1 Å². The van der Waals surface area contributed by atoms with E-state index in [0.717, 1.165) is 48.0 Å². The number of hydrogen-bond donors (Lipinski definition) is 2. The minimum Gasteiger partial charge on any atom is -0.504 e. The fraction of sp³-hybridized carbons (Fsp3) is 0.630. The molecular weight excluding hydrogens is 462 g/mol. The van der Waals surface area contributed by atoms with Gasteiger partial charge in [-0.1, -0.05) is 6.07 Å². The van der Waals surface area contributed by atoms with Crippen molar-refractivity contribution in [3.63, 3.8) is 0 Å². The Kier molecular flexibility index (Phi) is 4.84. The third-order valence-electron chi connectivity index (χ3n) is 9.41. The Labute approximate surface area is 209 Å². The Morgan fingerprint density at radius 1 is 1.29 bits per heavy atom. The number of likely N-dealkylation sites (tertiary alicyclic amines) is 2. The number of aromatic nitrogens is 1. The van der Waals surface area contributed by atoms with Crippen molar-refractivity contribution in [2.75, 3.05) is 26.2 Å². The first-order valence-electron chi connectivity index (χ1n) is 13.1. The lowest BCUT2D eigenvalue weighted by atomic mass is 9.52. The highest BCUT2D eigenvalue weighted by Crippen LogP contribution is 2.63. The van der Waals surface area contributed by atoms with Crippen LogP contribution in [0.2, 0.25) is 0 Å². The number of piperidine rings is 1. The second kappa shape index (κ2) is 7.67. The number of carbonyl (C=O) groups is 1. The molecule has 0 radical (unpaired) electrons. The molecule has 1 saturated carbocycles. The van der Waals surface area contributed by atoms with Gasteiger partial charge in [-0.2, -0.15) is 4.37 Å². The molecule has 2 aliphatic carbocycles. The molecule has 1 aromatic heterocycles. The summed E-state index contributed by atoms with van der Waals surface area (Å²) in [4.78, 5) is 19.0. The molecule has 186 valence electrons. The van der Waals surface area contributed by atoms with E-state index in [1.54, 1.807) is 6.07 Å². The minimum atomic E-state index is -0.988. The quantitative estimate of drug-likeness (QED) is 0.664. The van der Waals surface area contributed by atoms with Gasteiger partial charge in [-0.15, -0.1) is 0 Å². The number of ether oxygens (including phenoxy) is 1. The van der Waals surface area contributed by atoms with E-state index in [-0.39, 0.29) is 23.8 Å². The van der Waals surface area contributed by atoms with Crippen LogP contribution in [0, 0.1) is 12.8 Å². The number of nitrogens with zero attached hydrogens (tertiary/aromatic N) is 3. The summed E-state index contributed by atoms with van der Waals surface area (Å²) in [5.74, 6) is 1.51. The standard InChI is InChI=1S/C27H33N3O4S/c1-16-12-19(28-35-16)5-7-23(32)30-11-9-27(33)21-13-18-4-6-20(31)25-24(18)26(27,22(15-30)34-25)8-10-29(21)14-17-2-3-17/h4,6,12,17,21-22,31,33H,2-3,5,7-11,13-15H2,1H3/t21-,22+,26-,27-/m1/s1. The van der Waals surface area contributed by atoms with E-state index in [1.165, 1.54) is 29.9 Å². The molecule has 4 atom stereocenters. The number of phenols is 1. The molecule has 1 aromatic carbocycles. The Morgan fingerprint density at radius 3 is 2.91 bits per heavy atom. The van der Waals surface area contributed by atoms with Crippen molar-refractivity contribution in [1.82, 2.24) is 14.2 Å². The van der Waals surface area contributed by atoms with Crippen LogP contribution in [0.25, 0.3) is 0 Å². The molecule has 2 saturated heterocycles. The molecule has 3 fully saturated rings. The van der Waals surface area contributed by atoms with Crippen LogP contribution in [0.4, 0.5) is 0 Å². The first-order valence-corrected chi connectivity index (χ1v) is 13.8. The molecule has 8 heteroatoms. The van der Waals surface area contributed by atoms with E-state index in [9.17, 15) is 15.0 Å². The molecule has 5 aliphatic rings. The van der Waals surface area contributed by atoms with Gasteiger partial charge in [0.25, 0.3) is 0 Å². The average Bonchev–Trinajstić information content (AvgIpc) is 3.48. The molecule has 2 aromatic rings. The fourth-order valence-corrected chi connectivity index (χ4v) is 8.15. The summed E-state index contributed by atoms with van der Waals surface area (Å²) in [5.41, 5.74) is 1.60. The highest BCUT2D eigenvalue weighted by molar-refractivity contribution is 7.05. The SMILES string of the molecule is Cc1cc(CCC(=O)N2CC[C@@]3(O)[C@H]4Cc5ccc(O)c6c5[C@@]3(CCN4CC3CC3)[C@H](C2)O6)ns1. The summed E-state index contributed by atoms with van der Waals surface area (Å²) in [5, 5.41) is 23.4. The van der Waals surface area contributed by atoms with Gasteiger partial charge in [0, 0.05) is 36.0 Å². The summed E-state index contributed by atoms with van der Waals surface area (Å²) < 4.78 is 10.9. The molecule has 4 heterocycles. The molecule has 1 spiro atoms. The second-order valence-electron chi connectivity index (χ2n) is 11.4. The second-order valence-corrected chi connectivity index (χ2v) is 12.4. The van der Waals surface area contributed by atoms with Crippen LogP contribution < -0.4 is 4.74 Å². The zero-order valence-electron chi connectivity index (χ0n) is 20.2. The van der Waals surface area contributed by atoms with Crippen LogP contribution in [-0.2, 0) is 23.1 Å². The van der Waals surface area contributed by atoms with Crippen LogP contribution >= 0.6 is 11.5 Å². The van der Waals surface area contributed by atoms with Gasteiger partial charge in [0.05, 0.1) is 23.3 Å². The Morgan fingerprint density at radius 2 is 2.14 bits per heavy atom.